The van der Waals surface area contributed by atoms with Crippen LogP contribution < -0.4 is 4.74 Å². The molecule has 1 aromatic carbocycles. The van der Waals surface area contributed by atoms with Gasteiger partial charge in [0.2, 0.25) is 0 Å². The number of unbranched alkanes of at least 4 members (excludes halogenated alkanes) is 2. The second kappa shape index (κ2) is 7.67. The van der Waals surface area contributed by atoms with Gasteiger partial charge in [-0.15, -0.1) is 0 Å². The van der Waals surface area contributed by atoms with Crippen LogP contribution in [0.4, 0.5) is 13.2 Å². The minimum atomic E-state index is -4.46. The first-order valence-electron chi connectivity index (χ1n) is 6.24. The van der Waals surface area contributed by atoms with E-state index in [0.29, 0.717) is 6.42 Å². The monoisotopic (exact) mass is 352 g/mol. The van der Waals surface area contributed by atoms with Crippen molar-refractivity contribution in [2.24, 2.45) is 0 Å². The van der Waals surface area contributed by atoms with E-state index in [-0.39, 0.29) is 23.5 Å². The lowest BCUT2D eigenvalue weighted by molar-refractivity contribution is -0.137. The molecule has 112 valence electrons. The van der Waals surface area contributed by atoms with Crippen molar-refractivity contribution in [2.45, 2.75) is 31.9 Å². The van der Waals surface area contributed by atoms with Crippen LogP contribution in [0.3, 0.4) is 0 Å². The summed E-state index contributed by atoms with van der Waals surface area (Å²) in [5.74, 6) is -0.133. The van der Waals surface area contributed by atoms with Crippen LogP contribution in [0.25, 0.3) is 0 Å². The molecule has 0 bridgehead atoms. The SMILES string of the molecule is COc1ccc(C(F)(F)F)cc1C(=O)CCCCCBr. The summed E-state index contributed by atoms with van der Waals surface area (Å²) < 4.78 is 43.0. The van der Waals surface area contributed by atoms with Crippen LogP contribution in [0.2, 0.25) is 0 Å². The summed E-state index contributed by atoms with van der Waals surface area (Å²) in [7, 11) is 1.34. The number of alkyl halides is 4. The molecule has 20 heavy (non-hydrogen) atoms. The second-order valence-corrected chi connectivity index (χ2v) is 5.13. The Labute approximate surface area is 124 Å². The fraction of sp³-hybridized carbons (Fsp3) is 0.500. The lowest BCUT2D eigenvalue weighted by Gasteiger charge is -2.12. The van der Waals surface area contributed by atoms with E-state index in [2.05, 4.69) is 15.9 Å². The molecule has 2 nitrogen and oxygen atoms in total. The molecule has 0 N–H and O–H groups in total. The predicted octanol–water partition coefficient (Wildman–Crippen LogP) is 4.85. The van der Waals surface area contributed by atoms with Crippen molar-refractivity contribution in [2.75, 3.05) is 12.4 Å². The Kier molecular flexibility index (Phi) is 6.52. The number of benzene rings is 1. The van der Waals surface area contributed by atoms with Crippen LogP contribution in [0.5, 0.6) is 5.75 Å². The Morgan fingerprint density at radius 3 is 2.50 bits per heavy atom. The van der Waals surface area contributed by atoms with Crippen molar-refractivity contribution in [3.63, 3.8) is 0 Å². The van der Waals surface area contributed by atoms with Gasteiger partial charge in [-0.3, -0.25) is 4.79 Å². The fourth-order valence-corrected chi connectivity index (χ4v) is 2.19. The molecule has 0 saturated carbocycles. The van der Waals surface area contributed by atoms with Crippen LogP contribution in [-0.4, -0.2) is 18.2 Å². The Hall–Kier alpha value is -1.04. The highest BCUT2D eigenvalue weighted by molar-refractivity contribution is 9.09. The number of rotatable bonds is 7. The number of halogens is 4. The minimum absolute atomic E-state index is 0.00108. The normalized spacial score (nSPS) is 11.4. The topological polar surface area (TPSA) is 26.3 Å². The van der Waals surface area contributed by atoms with Gasteiger partial charge in [0.15, 0.2) is 5.78 Å². The van der Waals surface area contributed by atoms with Gasteiger partial charge in [-0.1, -0.05) is 22.4 Å². The fourth-order valence-electron chi connectivity index (χ4n) is 1.79. The smallest absolute Gasteiger partial charge is 0.416 e. The molecule has 0 spiro atoms. The number of carbonyl (C=O) groups excluding carboxylic acids is 1. The quantitative estimate of drug-likeness (QED) is 0.398. The molecule has 0 fully saturated rings. The van der Waals surface area contributed by atoms with Crippen molar-refractivity contribution < 1.29 is 22.7 Å². The third kappa shape index (κ3) is 4.81. The third-order valence-electron chi connectivity index (χ3n) is 2.86. The van der Waals surface area contributed by atoms with Gasteiger partial charge >= 0.3 is 6.18 Å². The maximum Gasteiger partial charge on any atom is 0.416 e. The predicted molar refractivity (Wildman–Crippen MR) is 74.6 cm³/mol. The standard InChI is InChI=1S/C14H16BrF3O2/c1-20-13-7-6-10(14(16,17)18)9-11(13)12(19)5-3-2-4-8-15/h6-7,9H,2-5,8H2,1H3. The van der Waals surface area contributed by atoms with E-state index in [9.17, 15) is 18.0 Å². The highest BCUT2D eigenvalue weighted by Crippen LogP contribution is 2.33. The van der Waals surface area contributed by atoms with Crippen molar-refractivity contribution >= 4 is 21.7 Å². The lowest BCUT2D eigenvalue weighted by atomic mass is 10.0. The van der Waals surface area contributed by atoms with E-state index >= 15 is 0 Å². The Balaban J connectivity index is 2.88. The maximum absolute atomic E-state index is 12.7. The summed E-state index contributed by atoms with van der Waals surface area (Å²) in [5.41, 5.74) is -0.830. The third-order valence-corrected chi connectivity index (χ3v) is 3.43. The molecule has 1 aromatic rings. The van der Waals surface area contributed by atoms with Gasteiger partial charge in [0, 0.05) is 11.8 Å². The number of hydrogen-bond acceptors (Lipinski definition) is 2. The highest BCUT2D eigenvalue weighted by Gasteiger charge is 2.31. The number of hydrogen-bond donors (Lipinski definition) is 0. The van der Waals surface area contributed by atoms with Crippen molar-refractivity contribution in [3.8, 4) is 5.75 Å². The molecule has 0 unspecified atom stereocenters. The molecule has 0 saturated heterocycles. The summed E-state index contributed by atoms with van der Waals surface area (Å²) in [6, 6.07) is 2.97. The van der Waals surface area contributed by atoms with E-state index in [0.717, 1.165) is 30.3 Å². The summed E-state index contributed by atoms with van der Waals surface area (Å²) in [4.78, 5) is 12.0. The number of methoxy groups -OCH3 is 1. The maximum atomic E-state index is 12.7. The van der Waals surface area contributed by atoms with Gasteiger partial charge in [-0.05, 0) is 31.0 Å². The van der Waals surface area contributed by atoms with E-state index in [1.807, 2.05) is 0 Å². The molecule has 0 aromatic heterocycles. The number of Topliss-reactive ketones (excluding diaryl/α,β-unsaturated/α-hetero) is 1. The number of ether oxygens (including phenoxy) is 1. The van der Waals surface area contributed by atoms with Gasteiger partial charge in [0.1, 0.15) is 5.75 Å². The Bertz CT molecular complexity index is 458. The first-order valence-corrected chi connectivity index (χ1v) is 7.36. The van der Waals surface area contributed by atoms with Gasteiger partial charge < -0.3 is 4.74 Å². The minimum Gasteiger partial charge on any atom is -0.496 e. The van der Waals surface area contributed by atoms with E-state index in [1.54, 1.807) is 0 Å². The van der Waals surface area contributed by atoms with Crippen LogP contribution in [0.1, 0.15) is 41.6 Å². The Morgan fingerprint density at radius 2 is 1.95 bits per heavy atom. The number of carbonyl (C=O) groups is 1. The molecule has 0 amide bonds. The molecule has 0 aliphatic carbocycles. The molecule has 6 heteroatoms. The van der Waals surface area contributed by atoms with E-state index in [1.165, 1.54) is 13.2 Å². The molecular formula is C14H16BrF3O2. The van der Waals surface area contributed by atoms with Crippen molar-refractivity contribution in [1.29, 1.82) is 0 Å². The van der Waals surface area contributed by atoms with Gasteiger partial charge in [0.25, 0.3) is 0 Å². The second-order valence-electron chi connectivity index (χ2n) is 4.34. The molecule has 0 atom stereocenters. The van der Waals surface area contributed by atoms with Crippen LogP contribution >= 0.6 is 15.9 Å². The van der Waals surface area contributed by atoms with Crippen molar-refractivity contribution in [3.05, 3.63) is 29.3 Å². The van der Waals surface area contributed by atoms with Gasteiger partial charge in [0.05, 0.1) is 18.2 Å². The molecular weight excluding hydrogens is 337 g/mol. The molecule has 0 heterocycles. The van der Waals surface area contributed by atoms with Crippen LogP contribution in [0, 0.1) is 0 Å². The zero-order valence-electron chi connectivity index (χ0n) is 11.1. The zero-order valence-corrected chi connectivity index (χ0v) is 12.7. The van der Waals surface area contributed by atoms with E-state index < -0.39 is 11.7 Å². The summed E-state index contributed by atoms with van der Waals surface area (Å²) in [6.07, 6.45) is -1.78. The molecule has 1 rings (SSSR count). The molecule has 0 aliphatic rings. The highest BCUT2D eigenvalue weighted by atomic mass is 79.9. The number of ketones is 1. The lowest BCUT2D eigenvalue weighted by Crippen LogP contribution is -2.09. The largest absolute Gasteiger partial charge is 0.496 e. The Morgan fingerprint density at radius 1 is 1.25 bits per heavy atom. The first kappa shape index (κ1) is 17.0. The molecule has 0 aliphatic heterocycles. The van der Waals surface area contributed by atoms with Crippen LogP contribution in [-0.2, 0) is 6.18 Å². The van der Waals surface area contributed by atoms with Crippen LogP contribution in [0.15, 0.2) is 18.2 Å². The van der Waals surface area contributed by atoms with Gasteiger partial charge in [-0.2, -0.15) is 13.2 Å². The van der Waals surface area contributed by atoms with Gasteiger partial charge in [-0.25, -0.2) is 0 Å². The summed E-state index contributed by atoms with van der Waals surface area (Å²) >= 11 is 3.29. The average Bonchev–Trinajstić information content (AvgIpc) is 2.41. The van der Waals surface area contributed by atoms with E-state index in [4.69, 9.17) is 4.74 Å². The summed E-state index contributed by atoms with van der Waals surface area (Å²) in [6.45, 7) is 0. The summed E-state index contributed by atoms with van der Waals surface area (Å²) in [5, 5.41) is 0.855. The zero-order chi connectivity index (χ0) is 15.2. The average molecular weight is 353 g/mol. The van der Waals surface area contributed by atoms with Crippen molar-refractivity contribution in [1.82, 2.24) is 0 Å². The first-order chi connectivity index (χ1) is 9.40. The molecule has 0 radical (unpaired) electrons.